The average Bonchev–Trinajstić information content (AvgIpc) is 3.16. The molecule has 1 saturated heterocycles. The van der Waals surface area contributed by atoms with Gasteiger partial charge in [-0.3, -0.25) is 14.7 Å². The van der Waals surface area contributed by atoms with Crippen LogP contribution in [0.1, 0.15) is 66.3 Å². The highest BCUT2D eigenvalue weighted by Gasteiger charge is 2.33. The molecule has 1 N–H and O–H groups in total. The van der Waals surface area contributed by atoms with Gasteiger partial charge in [-0.2, -0.15) is 5.10 Å². The summed E-state index contributed by atoms with van der Waals surface area (Å²) in [5.74, 6) is -3.46. The number of aromatic carboxylic acids is 1. The molecule has 0 spiro atoms. The molecular weight excluding hydrogens is 416 g/mol. The number of nitrogens with zero attached hydrogens (tertiary/aromatic N) is 5. The Morgan fingerprint density at radius 3 is 2.72 bits per heavy atom. The van der Waals surface area contributed by atoms with Gasteiger partial charge in [0, 0.05) is 51.1 Å². The van der Waals surface area contributed by atoms with Crippen molar-refractivity contribution in [2.45, 2.75) is 64.5 Å². The van der Waals surface area contributed by atoms with Gasteiger partial charge in [0.05, 0.1) is 17.8 Å². The fraction of sp³-hybridized carbons (Fsp3) is 0.565. The topological polar surface area (TPSA) is 83.6 Å². The summed E-state index contributed by atoms with van der Waals surface area (Å²) in [7, 11) is 0. The van der Waals surface area contributed by atoms with Gasteiger partial charge in [0.2, 0.25) is 0 Å². The zero-order chi connectivity index (χ0) is 23.0. The molecule has 2 aromatic heterocycles. The number of piperidine rings is 1. The standard InChI is InChI=1S/C23H31F2N5O2/c1-2-18-17-30(11-5-3-4-10-29-12-7-23(24,25)8-13-29)28-21(18)16-26-15-20-14-19(22(31)32)6-9-27-20/h6,9,14,16-17H,2-5,7-8,10-13,15H2,1H3,(H,31,32). The molecule has 1 aliphatic rings. The Morgan fingerprint density at radius 1 is 1.25 bits per heavy atom. The van der Waals surface area contributed by atoms with E-state index in [-0.39, 0.29) is 18.4 Å². The van der Waals surface area contributed by atoms with Crippen LogP contribution in [-0.2, 0) is 19.5 Å². The lowest BCUT2D eigenvalue weighted by Crippen LogP contribution is -2.39. The van der Waals surface area contributed by atoms with Crippen molar-refractivity contribution in [2.24, 2.45) is 4.99 Å². The van der Waals surface area contributed by atoms with Crippen LogP contribution in [0.4, 0.5) is 8.78 Å². The van der Waals surface area contributed by atoms with Crippen LogP contribution in [0.5, 0.6) is 0 Å². The van der Waals surface area contributed by atoms with Crippen LogP contribution in [-0.4, -0.2) is 62.5 Å². The second kappa shape index (κ2) is 11.3. The molecule has 1 aliphatic heterocycles. The van der Waals surface area contributed by atoms with Gasteiger partial charge in [-0.1, -0.05) is 13.3 Å². The highest BCUT2D eigenvalue weighted by molar-refractivity contribution is 5.87. The first kappa shape index (κ1) is 24.0. The van der Waals surface area contributed by atoms with E-state index in [1.54, 1.807) is 6.21 Å². The highest BCUT2D eigenvalue weighted by Crippen LogP contribution is 2.27. The Morgan fingerprint density at radius 2 is 2.00 bits per heavy atom. The van der Waals surface area contributed by atoms with Gasteiger partial charge in [0.1, 0.15) is 5.69 Å². The highest BCUT2D eigenvalue weighted by atomic mass is 19.3. The molecule has 0 bridgehead atoms. The lowest BCUT2D eigenvalue weighted by molar-refractivity contribution is -0.0552. The van der Waals surface area contributed by atoms with Crippen molar-refractivity contribution in [3.63, 3.8) is 0 Å². The van der Waals surface area contributed by atoms with Crippen molar-refractivity contribution in [3.8, 4) is 0 Å². The molecule has 2 aromatic rings. The van der Waals surface area contributed by atoms with Crippen LogP contribution in [0.2, 0.25) is 0 Å². The molecule has 7 nitrogen and oxygen atoms in total. The molecule has 9 heteroatoms. The minimum atomic E-state index is -2.48. The number of carbonyl (C=O) groups is 1. The molecule has 32 heavy (non-hydrogen) atoms. The molecule has 0 atom stereocenters. The van der Waals surface area contributed by atoms with E-state index in [2.05, 4.69) is 26.9 Å². The fourth-order valence-corrected chi connectivity index (χ4v) is 3.79. The summed E-state index contributed by atoms with van der Waals surface area (Å²) in [6, 6.07) is 2.98. The van der Waals surface area contributed by atoms with Gasteiger partial charge < -0.3 is 10.0 Å². The van der Waals surface area contributed by atoms with Crippen molar-refractivity contribution < 1.29 is 18.7 Å². The largest absolute Gasteiger partial charge is 0.478 e. The maximum atomic E-state index is 13.2. The second-order valence-corrected chi connectivity index (χ2v) is 8.23. The van der Waals surface area contributed by atoms with E-state index in [1.165, 1.54) is 18.3 Å². The smallest absolute Gasteiger partial charge is 0.335 e. The number of aliphatic imine (C=N–C) groups is 1. The number of carboxylic acids is 1. The number of rotatable bonds is 11. The van der Waals surface area contributed by atoms with E-state index in [0.717, 1.165) is 50.0 Å². The first-order chi connectivity index (χ1) is 15.4. The zero-order valence-electron chi connectivity index (χ0n) is 18.5. The van der Waals surface area contributed by atoms with Crippen LogP contribution < -0.4 is 0 Å². The maximum absolute atomic E-state index is 13.2. The van der Waals surface area contributed by atoms with Crippen molar-refractivity contribution in [3.05, 3.63) is 47.0 Å². The summed E-state index contributed by atoms with van der Waals surface area (Å²) in [6.45, 7) is 5.03. The van der Waals surface area contributed by atoms with Gasteiger partial charge >= 0.3 is 5.97 Å². The Kier molecular flexibility index (Phi) is 8.44. The number of hydrogen-bond donors (Lipinski definition) is 1. The van der Waals surface area contributed by atoms with Gasteiger partial charge in [0.25, 0.3) is 5.92 Å². The van der Waals surface area contributed by atoms with E-state index in [9.17, 15) is 13.6 Å². The first-order valence-corrected chi connectivity index (χ1v) is 11.2. The Labute approximate surface area is 187 Å². The lowest BCUT2D eigenvalue weighted by Gasteiger charge is -2.31. The molecule has 3 heterocycles. The summed E-state index contributed by atoms with van der Waals surface area (Å²) in [4.78, 5) is 21.7. The van der Waals surface area contributed by atoms with Gasteiger partial charge in [0.15, 0.2) is 0 Å². The molecular formula is C23H31F2N5O2. The number of aromatic nitrogens is 3. The van der Waals surface area contributed by atoms with Crippen molar-refractivity contribution >= 4 is 12.2 Å². The third-order valence-electron chi connectivity index (χ3n) is 5.73. The monoisotopic (exact) mass is 447 g/mol. The Bertz CT molecular complexity index is 919. The second-order valence-electron chi connectivity index (χ2n) is 8.23. The minimum Gasteiger partial charge on any atom is -0.478 e. The number of hydrogen-bond acceptors (Lipinski definition) is 5. The number of halogens is 2. The zero-order valence-corrected chi connectivity index (χ0v) is 18.5. The van der Waals surface area contributed by atoms with Crippen molar-refractivity contribution in [2.75, 3.05) is 19.6 Å². The van der Waals surface area contributed by atoms with Crippen LogP contribution in [0.15, 0.2) is 29.5 Å². The summed E-state index contributed by atoms with van der Waals surface area (Å²) >= 11 is 0. The molecule has 0 aliphatic carbocycles. The van der Waals surface area contributed by atoms with E-state index in [4.69, 9.17) is 5.11 Å². The molecule has 0 unspecified atom stereocenters. The van der Waals surface area contributed by atoms with Crippen molar-refractivity contribution in [1.29, 1.82) is 0 Å². The fourth-order valence-electron chi connectivity index (χ4n) is 3.79. The number of aryl methyl sites for hydroxylation is 2. The lowest BCUT2D eigenvalue weighted by atomic mass is 10.1. The first-order valence-electron chi connectivity index (χ1n) is 11.2. The van der Waals surface area contributed by atoms with Crippen LogP contribution in [0.3, 0.4) is 0 Å². The quantitative estimate of drug-likeness (QED) is 0.415. The maximum Gasteiger partial charge on any atom is 0.335 e. The van der Waals surface area contributed by atoms with Crippen molar-refractivity contribution in [1.82, 2.24) is 19.7 Å². The van der Waals surface area contributed by atoms with E-state index in [1.807, 2.05) is 10.9 Å². The summed E-state index contributed by atoms with van der Waals surface area (Å²) in [6.07, 6.45) is 9.05. The van der Waals surface area contributed by atoms with Gasteiger partial charge in [-0.05, 0) is 43.5 Å². The molecule has 3 rings (SSSR count). The molecule has 1 fully saturated rings. The number of carboxylic acid groups (broad SMARTS) is 1. The van der Waals surface area contributed by atoms with Crippen LogP contribution >= 0.6 is 0 Å². The Balaban J connectivity index is 1.43. The predicted octanol–water partition coefficient (Wildman–Crippen LogP) is 4.06. The molecule has 0 saturated carbocycles. The minimum absolute atomic E-state index is 0.0224. The Hall–Kier alpha value is -2.68. The van der Waals surface area contributed by atoms with E-state index in [0.29, 0.717) is 25.3 Å². The summed E-state index contributed by atoms with van der Waals surface area (Å²) in [5.41, 5.74) is 2.71. The number of alkyl halides is 2. The summed E-state index contributed by atoms with van der Waals surface area (Å²) in [5, 5.41) is 13.7. The molecule has 0 aromatic carbocycles. The van der Waals surface area contributed by atoms with E-state index >= 15 is 0 Å². The van der Waals surface area contributed by atoms with Crippen LogP contribution in [0.25, 0.3) is 0 Å². The third-order valence-corrected chi connectivity index (χ3v) is 5.73. The van der Waals surface area contributed by atoms with Crippen LogP contribution in [0, 0.1) is 0 Å². The SMILES string of the molecule is CCc1cn(CCCCCN2CCC(F)(F)CC2)nc1C=NCc1cc(C(=O)O)ccn1. The average molecular weight is 448 g/mol. The third kappa shape index (κ3) is 7.19. The number of unbranched alkanes of at least 4 members (excludes halogenated alkanes) is 2. The number of pyridine rings is 1. The molecule has 0 radical (unpaired) electrons. The normalized spacial score (nSPS) is 16.6. The summed E-state index contributed by atoms with van der Waals surface area (Å²) < 4.78 is 28.4. The van der Waals surface area contributed by atoms with E-state index < -0.39 is 11.9 Å². The van der Waals surface area contributed by atoms with Gasteiger partial charge in [-0.25, -0.2) is 13.6 Å². The van der Waals surface area contributed by atoms with Gasteiger partial charge in [-0.15, -0.1) is 0 Å². The predicted molar refractivity (Wildman–Crippen MR) is 119 cm³/mol. The number of likely N-dealkylation sites (tertiary alicyclic amines) is 1. The molecule has 0 amide bonds. The molecule has 174 valence electrons.